The van der Waals surface area contributed by atoms with Gasteiger partial charge in [0, 0.05) is 52.1 Å². The molecule has 1 rings (SSSR count). The van der Waals surface area contributed by atoms with Crippen LogP contribution in [0.2, 0.25) is 0 Å². The van der Waals surface area contributed by atoms with Crippen LogP contribution >= 0.6 is 11.8 Å². The molecule has 0 unspecified atom stereocenters. The molecule has 26 heavy (non-hydrogen) atoms. The van der Waals surface area contributed by atoms with Crippen molar-refractivity contribution in [3.63, 3.8) is 0 Å². The number of carbonyl (C=O) groups is 1. The molecule has 0 atom stereocenters. The SMILES string of the molecule is CSCCNC(=NCC(=O)N(C)C)NC1CCN(CCOC(C)C)CC1. The average Bonchev–Trinajstić information content (AvgIpc) is 2.60. The maximum Gasteiger partial charge on any atom is 0.243 e. The van der Waals surface area contributed by atoms with Crippen molar-refractivity contribution in [1.82, 2.24) is 20.4 Å². The molecule has 8 heteroatoms. The molecule has 0 bridgehead atoms. The summed E-state index contributed by atoms with van der Waals surface area (Å²) in [6, 6.07) is 0.396. The Morgan fingerprint density at radius 2 is 2.04 bits per heavy atom. The first-order chi connectivity index (χ1) is 12.4. The Morgan fingerprint density at radius 3 is 2.62 bits per heavy atom. The summed E-state index contributed by atoms with van der Waals surface area (Å²) in [7, 11) is 3.51. The second-order valence-corrected chi connectivity index (χ2v) is 8.04. The van der Waals surface area contributed by atoms with Crippen LogP contribution in [0.5, 0.6) is 0 Å². The van der Waals surface area contributed by atoms with Crippen LogP contribution in [0, 0.1) is 0 Å². The molecule has 2 N–H and O–H groups in total. The minimum Gasteiger partial charge on any atom is -0.377 e. The average molecular weight is 388 g/mol. The lowest BCUT2D eigenvalue weighted by molar-refractivity contribution is -0.127. The van der Waals surface area contributed by atoms with Gasteiger partial charge in [0.2, 0.25) is 5.91 Å². The number of carbonyl (C=O) groups excluding carboxylic acids is 1. The minimum atomic E-state index is 0.0101. The van der Waals surface area contributed by atoms with Crippen LogP contribution in [0.4, 0.5) is 0 Å². The van der Waals surface area contributed by atoms with E-state index in [0.29, 0.717) is 12.1 Å². The predicted octanol–water partition coefficient (Wildman–Crippen LogP) is 0.862. The van der Waals surface area contributed by atoms with Crippen LogP contribution in [0.3, 0.4) is 0 Å². The number of guanidine groups is 1. The Bertz CT molecular complexity index is 424. The molecule has 0 aromatic heterocycles. The van der Waals surface area contributed by atoms with Crippen molar-refractivity contribution < 1.29 is 9.53 Å². The number of likely N-dealkylation sites (N-methyl/N-ethyl adjacent to an activating group) is 1. The fourth-order valence-electron chi connectivity index (χ4n) is 2.62. The second kappa shape index (κ2) is 13.2. The lowest BCUT2D eigenvalue weighted by Crippen LogP contribution is -2.49. The van der Waals surface area contributed by atoms with E-state index < -0.39 is 0 Å². The quantitative estimate of drug-likeness (QED) is 0.329. The Labute approximate surface area is 163 Å². The monoisotopic (exact) mass is 387 g/mol. The summed E-state index contributed by atoms with van der Waals surface area (Å²) in [5, 5.41) is 6.84. The summed E-state index contributed by atoms with van der Waals surface area (Å²) in [5.74, 6) is 1.77. The molecule has 0 saturated carbocycles. The van der Waals surface area contributed by atoms with E-state index in [1.165, 1.54) is 0 Å². The zero-order chi connectivity index (χ0) is 19.4. The van der Waals surface area contributed by atoms with Gasteiger partial charge in [0.15, 0.2) is 5.96 Å². The van der Waals surface area contributed by atoms with Gasteiger partial charge >= 0.3 is 0 Å². The van der Waals surface area contributed by atoms with Gasteiger partial charge in [-0.05, 0) is 32.9 Å². The van der Waals surface area contributed by atoms with Gasteiger partial charge in [0.05, 0.1) is 12.7 Å². The standard InChI is InChI=1S/C18H37N5O2S/c1-15(2)25-12-11-23-9-6-16(7-10-23)21-18(19-8-13-26-5)20-14-17(24)22(3)4/h15-16H,6-14H2,1-5H3,(H2,19,20,21). The third-order valence-corrected chi connectivity index (χ3v) is 4.87. The van der Waals surface area contributed by atoms with Crippen LogP contribution in [0.25, 0.3) is 0 Å². The highest BCUT2D eigenvalue weighted by molar-refractivity contribution is 7.98. The number of likely N-dealkylation sites (tertiary alicyclic amines) is 1. The summed E-state index contributed by atoms with van der Waals surface area (Å²) in [5.41, 5.74) is 0. The van der Waals surface area contributed by atoms with Gasteiger partial charge in [-0.15, -0.1) is 0 Å². The van der Waals surface area contributed by atoms with Gasteiger partial charge in [-0.25, -0.2) is 4.99 Å². The first kappa shape index (κ1) is 23.0. The van der Waals surface area contributed by atoms with Crippen LogP contribution in [0.15, 0.2) is 4.99 Å². The van der Waals surface area contributed by atoms with Gasteiger partial charge in [-0.1, -0.05) is 0 Å². The lowest BCUT2D eigenvalue weighted by Gasteiger charge is -2.33. The van der Waals surface area contributed by atoms with Crippen molar-refractivity contribution in [2.75, 3.05) is 65.4 Å². The third-order valence-electron chi connectivity index (χ3n) is 4.26. The van der Waals surface area contributed by atoms with E-state index in [1.807, 2.05) is 0 Å². The predicted molar refractivity (Wildman–Crippen MR) is 111 cm³/mol. The molecule has 152 valence electrons. The topological polar surface area (TPSA) is 69.2 Å². The van der Waals surface area contributed by atoms with Crippen LogP contribution in [-0.2, 0) is 9.53 Å². The molecule has 0 radical (unpaired) electrons. The van der Waals surface area contributed by atoms with Gasteiger partial charge in [0.25, 0.3) is 0 Å². The lowest BCUT2D eigenvalue weighted by atomic mass is 10.1. The largest absolute Gasteiger partial charge is 0.377 e. The van der Waals surface area contributed by atoms with E-state index in [0.717, 1.165) is 57.3 Å². The fraction of sp³-hybridized carbons (Fsp3) is 0.889. The zero-order valence-electron chi connectivity index (χ0n) is 17.1. The molecule has 1 heterocycles. The first-order valence-corrected chi connectivity index (χ1v) is 10.9. The van der Waals surface area contributed by atoms with Gasteiger partial charge in [-0.3, -0.25) is 4.79 Å². The molecule has 0 aliphatic carbocycles. The first-order valence-electron chi connectivity index (χ1n) is 9.50. The Balaban J connectivity index is 2.42. The molecule has 0 aromatic rings. The van der Waals surface area contributed by atoms with Crippen LogP contribution in [0.1, 0.15) is 26.7 Å². The molecule has 0 spiro atoms. The van der Waals surface area contributed by atoms with Crippen molar-refractivity contribution in [2.24, 2.45) is 4.99 Å². The van der Waals surface area contributed by atoms with E-state index in [4.69, 9.17) is 4.74 Å². The number of amides is 1. The maximum atomic E-state index is 11.8. The van der Waals surface area contributed by atoms with Gasteiger partial charge < -0.3 is 25.2 Å². The number of ether oxygens (including phenoxy) is 1. The second-order valence-electron chi connectivity index (χ2n) is 7.05. The van der Waals surface area contributed by atoms with E-state index in [9.17, 15) is 4.79 Å². The smallest absolute Gasteiger partial charge is 0.243 e. The van der Waals surface area contributed by atoms with E-state index in [2.05, 4.69) is 40.6 Å². The Kier molecular flexibility index (Phi) is 11.7. The molecular formula is C18H37N5O2S. The molecule has 1 aliphatic heterocycles. The number of aliphatic imine (C=N–C) groups is 1. The summed E-state index contributed by atoms with van der Waals surface area (Å²) in [6.45, 7) is 9.08. The molecule has 7 nitrogen and oxygen atoms in total. The maximum absolute atomic E-state index is 11.8. The van der Waals surface area contributed by atoms with Crippen molar-refractivity contribution >= 4 is 23.6 Å². The van der Waals surface area contributed by atoms with Gasteiger partial charge in [-0.2, -0.15) is 11.8 Å². The van der Waals surface area contributed by atoms with Crippen molar-refractivity contribution in [1.29, 1.82) is 0 Å². The molecule has 1 aliphatic rings. The zero-order valence-corrected chi connectivity index (χ0v) is 17.9. The minimum absolute atomic E-state index is 0.0101. The third kappa shape index (κ3) is 10.2. The summed E-state index contributed by atoms with van der Waals surface area (Å²) < 4.78 is 5.64. The Hall–Kier alpha value is -0.990. The van der Waals surface area contributed by atoms with Crippen molar-refractivity contribution in [2.45, 2.75) is 38.8 Å². The summed E-state index contributed by atoms with van der Waals surface area (Å²) in [6.07, 6.45) is 4.53. The van der Waals surface area contributed by atoms with Crippen LogP contribution in [-0.4, -0.2) is 99.2 Å². The van der Waals surface area contributed by atoms with Crippen molar-refractivity contribution in [3.05, 3.63) is 0 Å². The molecule has 1 fully saturated rings. The number of rotatable bonds is 10. The van der Waals surface area contributed by atoms with E-state index in [-0.39, 0.29) is 12.5 Å². The summed E-state index contributed by atoms with van der Waals surface area (Å²) >= 11 is 1.79. The fourth-order valence-corrected chi connectivity index (χ4v) is 2.93. The number of nitrogens with one attached hydrogen (secondary N) is 2. The molecule has 1 amide bonds. The highest BCUT2D eigenvalue weighted by atomic mass is 32.2. The molecular weight excluding hydrogens is 350 g/mol. The normalized spacial score (nSPS) is 16.8. The molecule has 1 saturated heterocycles. The van der Waals surface area contributed by atoms with Gasteiger partial charge in [0.1, 0.15) is 6.54 Å². The highest BCUT2D eigenvalue weighted by Gasteiger charge is 2.20. The summed E-state index contributed by atoms with van der Waals surface area (Å²) in [4.78, 5) is 20.3. The Morgan fingerprint density at radius 1 is 1.35 bits per heavy atom. The number of hydrogen-bond acceptors (Lipinski definition) is 5. The van der Waals surface area contributed by atoms with E-state index >= 15 is 0 Å². The number of hydrogen-bond donors (Lipinski definition) is 2. The number of piperidine rings is 1. The number of nitrogens with zero attached hydrogens (tertiary/aromatic N) is 3. The molecule has 0 aromatic carbocycles. The van der Waals surface area contributed by atoms with E-state index in [1.54, 1.807) is 30.8 Å². The number of thioether (sulfide) groups is 1. The highest BCUT2D eigenvalue weighted by Crippen LogP contribution is 2.10. The van der Waals surface area contributed by atoms with Crippen LogP contribution < -0.4 is 10.6 Å². The van der Waals surface area contributed by atoms with Crippen molar-refractivity contribution in [3.8, 4) is 0 Å².